The van der Waals surface area contributed by atoms with E-state index in [4.69, 9.17) is 14.2 Å². The lowest BCUT2D eigenvalue weighted by atomic mass is 9.97. The van der Waals surface area contributed by atoms with Gasteiger partial charge in [0.25, 0.3) is 5.91 Å². The van der Waals surface area contributed by atoms with Crippen molar-refractivity contribution >= 4 is 34.0 Å². The third-order valence-corrected chi connectivity index (χ3v) is 5.45. The van der Waals surface area contributed by atoms with E-state index in [1.807, 2.05) is 12.1 Å². The SMILES string of the molecule is COC(=O)C1CCN(C(=O)c2csc(Nc3ccc(OC)cc3OC)n2)CC1. The topological polar surface area (TPSA) is 90.0 Å². The maximum absolute atomic E-state index is 12.7. The third kappa shape index (κ3) is 4.36. The molecule has 0 bridgehead atoms. The van der Waals surface area contributed by atoms with Crippen molar-refractivity contribution in [3.63, 3.8) is 0 Å². The molecule has 8 nitrogen and oxygen atoms in total. The molecular weight excluding hydrogens is 382 g/mol. The van der Waals surface area contributed by atoms with Crippen LogP contribution in [-0.4, -0.2) is 56.2 Å². The lowest BCUT2D eigenvalue weighted by Crippen LogP contribution is -2.40. The molecule has 0 radical (unpaired) electrons. The molecule has 0 atom stereocenters. The summed E-state index contributed by atoms with van der Waals surface area (Å²) in [7, 11) is 4.56. The Balaban J connectivity index is 1.64. The second-order valence-corrected chi connectivity index (χ2v) is 7.18. The first-order valence-corrected chi connectivity index (χ1v) is 9.75. The summed E-state index contributed by atoms with van der Waals surface area (Å²) in [6.07, 6.45) is 1.22. The minimum Gasteiger partial charge on any atom is -0.497 e. The van der Waals surface area contributed by atoms with Gasteiger partial charge in [-0.3, -0.25) is 9.59 Å². The molecule has 2 aromatic rings. The predicted molar refractivity (Wildman–Crippen MR) is 106 cm³/mol. The molecule has 1 aliphatic heterocycles. The van der Waals surface area contributed by atoms with Crippen LogP contribution < -0.4 is 14.8 Å². The number of hydrogen-bond donors (Lipinski definition) is 1. The molecule has 28 heavy (non-hydrogen) atoms. The van der Waals surface area contributed by atoms with Crippen molar-refractivity contribution in [3.05, 3.63) is 29.3 Å². The Labute approximate surface area is 167 Å². The van der Waals surface area contributed by atoms with Crippen molar-refractivity contribution in [3.8, 4) is 11.5 Å². The van der Waals surface area contributed by atoms with E-state index in [0.29, 0.717) is 48.3 Å². The second kappa shape index (κ2) is 8.92. The van der Waals surface area contributed by atoms with Crippen LogP contribution in [0, 0.1) is 5.92 Å². The van der Waals surface area contributed by atoms with Crippen LogP contribution in [0.2, 0.25) is 0 Å². The fourth-order valence-electron chi connectivity index (χ4n) is 3.09. The van der Waals surface area contributed by atoms with E-state index in [2.05, 4.69) is 10.3 Å². The van der Waals surface area contributed by atoms with Crippen molar-refractivity contribution in [1.29, 1.82) is 0 Å². The van der Waals surface area contributed by atoms with Gasteiger partial charge >= 0.3 is 5.97 Å². The monoisotopic (exact) mass is 405 g/mol. The number of amides is 1. The minimum atomic E-state index is -0.208. The first-order valence-electron chi connectivity index (χ1n) is 8.87. The summed E-state index contributed by atoms with van der Waals surface area (Å²) in [5, 5.41) is 5.50. The zero-order valence-electron chi connectivity index (χ0n) is 16.1. The summed E-state index contributed by atoms with van der Waals surface area (Å²) < 4.78 is 15.3. The summed E-state index contributed by atoms with van der Waals surface area (Å²) in [6.45, 7) is 1.04. The number of carbonyl (C=O) groups is 2. The Bertz CT molecular complexity index is 846. The fraction of sp³-hybridized carbons (Fsp3) is 0.421. The average Bonchev–Trinajstić information content (AvgIpc) is 3.21. The van der Waals surface area contributed by atoms with Crippen LogP contribution in [0.5, 0.6) is 11.5 Å². The Kier molecular flexibility index (Phi) is 6.35. The quantitative estimate of drug-likeness (QED) is 0.739. The van der Waals surface area contributed by atoms with Gasteiger partial charge in [0.15, 0.2) is 5.13 Å². The van der Waals surface area contributed by atoms with Gasteiger partial charge in [-0.1, -0.05) is 0 Å². The van der Waals surface area contributed by atoms with Crippen LogP contribution >= 0.6 is 11.3 Å². The highest BCUT2D eigenvalue weighted by molar-refractivity contribution is 7.14. The predicted octanol–water partition coefficient (Wildman–Crippen LogP) is 2.93. The Morgan fingerprint density at radius 1 is 1.18 bits per heavy atom. The molecule has 1 N–H and O–H groups in total. The number of piperidine rings is 1. The Morgan fingerprint density at radius 3 is 2.57 bits per heavy atom. The van der Waals surface area contributed by atoms with E-state index < -0.39 is 0 Å². The number of nitrogens with zero attached hydrogens (tertiary/aromatic N) is 2. The maximum Gasteiger partial charge on any atom is 0.308 e. The van der Waals surface area contributed by atoms with Crippen LogP contribution in [0.25, 0.3) is 0 Å². The van der Waals surface area contributed by atoms with Crippen LogP contribution in [0.1, 0.15) is 23.3 Å². The summed E-state index contributed by atoms with van der Waals surface area (Å²) in [4.78, 5) is 30.5. The number of benzene rings is 1. The smallest absolute Gasteiger partial charge is 0.308 e. The number of carbonyl (C=O) groups excluding carboxylic acids is 2. The normalized spacial score (nSPS) is 14.5. The molecule has 1 aromatic carbocycles. The summed E-state index contributed by atoms with van der Waals surface area (Å²) >= 11 is 1.34. The number of hydrogen-bond acceptors (Lipinski definition) is 8. The lowest BCUT2D eigenvalue weighted by molar-refractivity contribution is -0.146. The van der Waals surface area contributed by atoms with E-state index in [0.717, 1.165) is 5.69 Å². The van der Waals surface area contributed by atoms with Crippen LogP contribution in [0.3, 0.4) is 0 Å². The van der Waals surface area contributed by atoms with Gasteiger partial charge in [-0.15, -0.1) is 11.3 Å². The van der Waals surface area contributed by atoms with Gasteiger partial charge in [-0.25, -0.2) is 4.98 Å². The molecule has 1 saturated heterocycles. The van der Waals surface area contributed by atoms with Crippen LogP contribution in [0.4, 0.5) is 10.8 Å². The van der Waals surface area contributed by atoms with E-state index in [1.165, 1.54) is 18.4 Å². The molecule has 9 heteroatoms. The number of likely N-dealkylation sites (tertiary alicyclic amines) is 1. The summed E-state index contributed by atoms with van der Waals surface area (Å²) in [6, 6.07) is 5.42. The van der Waals surface area contributed by atoms with Crippen molar-refractivity contribution in [2.45, 2.75) is 12.8 Å². The molecule has 0 aliphatic carbocycles. The van der Waals surface area contributed by atoms with Gasteiger partial charge in [0.05, 0.1) is 32.9 Å². The van der Waals surface area contributed by atoms with Gasteiger partial charge in [0, 0.05) is 24.5 Å². The van der Waals surface area contributed by atoms with E-state index in [9.17, 15) is 9.59 Å². The van der Waals surface area contributed by atoms with E-state index in [-0.39, 0.29) is 17.8 Å². The number of esters is 1. The summed E-state index contributed by atoms with van der Waals surface area (Å²) in [5.74, 6) is 0.833. The lowest BCUT2D eigenvalue weighted by Gasteiger charge is -2.30. The van der Waals surface area contributed by atoms with Gasteiger partial charge in [0.1, 0.15) is 17.2 Å². The number of ether oxygens (including phenoxy) is 3. The number of anilines is 2. The number of nitrogens with one attached hydrogen (secondary N) is 1. The van der Waals surface area contributed by atoms with Gasteiger partial charge in [0.2, 0.25) is 0 Å². The van der Waals surface area contributed by atoms with Crippen molar-refractivity contribution in [2.24, 2.45) is 5.92 Å². The van der Waals surface area contributed by atoms with Crippen molar-refractivity contribution < 1.29 is 23.8 Å². The van der Waals surface area contributed by atoms with Crippen LogP contribution in [0.15, 0.2) is 23.6 Å². The number of aromatic nitrogens is 1. The average molecular weight is 405 g/mol. The van der Waals surface area contributed by atoms with Crippen molar-refractivity contribution in [1.82, 2.24) is 9.88 Å². The molecule has 1 fully saturated rings. The highest BCUT2D eigenvalue weighted by atomic mass is 32.1. The minimum absolute atomic E-state index is 0.130. The van der Waals surface area contributed by atoms with Gasteiger partial charge < -0.3 is 24.4 Å². The molecular formula is C19H23N3O5S. The first-order chi connectivity index (χ1) is 13.5. The highest BCUT2D eigenvalue weighted by Crippen LogP contribution is 2.32. The van der Waals surface area contributed by atoms with Gasteiger partial charge in [-0.05, 0) is 25.0 Å². The number of rotatable bonds is 6. The molecule has 150 valence electrons. The standard InChI is InChI=1S/C19H23N3O5S/c1-25-13-4-5-14(16(10-13)26-2)20-19-21-15(11-28-19)17(23)22-8-6-12(7-9-22)18(24)27-3/h4-5,10-12H,6-9H2,1-3H3,(H,20,21). The zero-order valence-corrected chi connectivity index (χ0v) is 16.9. The van der Waals surface area contributed by atoms with E-state index >= 15 is 0 Å². The summed E-state index contributed by atoms with van der Waals surface area (Å²) in [5.41, 5.74) is 1.12. The first kappa shape index (κ1) is 19.9. The number of methoxy groups -OCH3 is 3. The van der Waals surface area contributed by atoms with E-state index in [1.54, 1.807) is 30.6 Å². The number of thiazole rings is 1. The third-order valence-electron chi connectivity index (χ3n) is 4.69. The van der Waals surface area contributed by atoms with Crippen molar-refractivity contribution in [2.75, 3.05) is 39.7 Å². The van der Waals surface area contributed by atoms with Crippen LogP contribution in [-0.2, 0) is 9.53 Å². The fourth-order valence-corrected chi connectivity index (χ4v) is 3.79. The molecule has 1 aromatic heterocycles. The van der Waals surface area contributed by atoms with Gasteiger partial charge in [-0.2, -0.15) is 0 Å². The molecule has 1 amide bonds. The molecule has 0 saturated carbocycles. The second-order valence-electron chi connectivity index (χ2n) is 6.32. The molecule has 0 spiro atoms. The maximum atomic E-state index is 12.7. The molecule has 1 aliphatic rings. The zero-order chi connectivity index (χ0) is 20.1. The molecule has 0 unspecified atom stereocenters. The Morgan fingerprint density at radius 2 is 1.93 bits per heavy atom. The largest absolute Gasteiger partial charge is 0.497 e. The molecule has 2 heterocycles. The molecule has 3 rings (SSSR count). The Hall–Kier alpha value is -2.81. The highest BCUT2D eigenvalue weighted by Gasteiger charge is 2.29.